The van der Waals surface area contributed by atoms with Crippen molar-refractivity contribution in [1.29, 1.82) is 0 Å². The molecule has 1 aliphatic rings. The van der Waals surface area contributed by atoms with Crippen LogP contribution < -0.4 is 5.48 Å². The highest BCUT2D eigenvalue weighted by Crippen LogP contribution is 1.89. The largest absolute Gasteiger partial charge is 0.732 e. The van der Waals surface area contributed by atoms with E-state index in [4.69, 9.17) is 0 Å². The third-order valence-corrected chi connectivity index (χ3v) is 0.407. The Morgan fingerprint density at radius 2 is 2.67 bits per heavy atom. The molecule has 0 fully saturated rings. The van der Waals surface area contributed by atoms with Crippen LogP contribution in [0.1, 0.15) is 0 Å². The number of hydroxylamine groups is 3. The lowest BCUT2D eigenvalue weighted by atomic mass is 11.0. The Morgan fingerprint density at radius 3 is 2.83 bits per heavy atom. The fourth-order valence-electron chi connectivity index (χ4n) is 0.204. The summed E-state index contributed by atoms with van der Waals surface area (Å²) < 4.78 is 0. The molecule has 0 aromatic carbocycles. The standard InChI is InChI=1S/C2H3N2O2/c5-4-2-1-3-6-4/h1-3H/q-1. The van der Waals surface area contributed by atoms with Gasteiger partial charge in [-0.2, -0.15) is 4.94 Å². The van der Waals surface area contributed by atoms with Crippen LogP contribution >= 0.6 is 0 Å². The van der Waals surface area contributed by atoms with E-state index in [-0.39, 0.29) is 0 Å². The van der Waals surface area contributed by atoms with Gasteiger partial charge in [0.2, 0.25) is 0 Å². The molecule has 0 spiro atoms. The summed E-state index contributed by atoms with van der Waals surface area (Å²) in [5.41, 5.74) is 2.20. The molecule has 0 amide bonds. The van der Waals surface area contributed by atoms with Crippen LogP contribution in [-0.4, -0.2) is 5.23 Å². The van der Waals surface area contributed by atoms with Gasteiger partial charge in [0, 0.05) is 12.4 Å². The average Bonchev–Trinajstić information content (AvgIpc) is 1.86. The number of nitrogens with zero attached hydrogens (tertiary/aromatic N) is 1. The molecule has 1 aliphatic heterocycles. The Kier molecular flexibility index (Phi) is 0.664. The van der Waals surface area contributed by atoms with E-state index in [1.165, 1.54) is 12.4 Å². The van der Waals surface area contributed by atoms with Crippen molar-refractivity contribution in [3.63, 3.8) is 0 Å². The molecule has 0 atom stereocenters. The molecule has 4 heteroatoms. The molecule has 0 aromatic rings. The van der Waals surface area contributed by atoms with Crippen molar-refractivity contribution in [2.45, 2.75) is 0 Å². The molecule has 1 N–H and O–H groups in total. The highest BCUT2D eigenvalue weighted by Gasteiger charge is 1.85. The van der Waals surface area contributed by atoms with E-state index in [0.717, 1.165) is 0 Å². The van der Waals surface area contributed by atoms with Crippen LogP contribution in [0.2, 0.25) is 0 Å². The molecule has 0 saturated carbocycles. The normalized spacial score (nSPS) is 18.5. The Morgan fingerprint density at radius 1 is 1.83 bits per heavy atom. The van der Waals surface area contributed by atoms with Gasteiger partial charge in [0.05, 0.1) is 0 Å². The number of nitrogens with one attached hydrogen (secondary N) is 1. The van der Waals surface area contributed by atoms with Crippen molar-refractivity contribution >= 4 is 0 Å². The third-order valence-electron chi connectivity index (χ3n) is 0.407. The lowest BCUT2D eigenvalue weighted by Gasteiger charge is -2.15. The Hall–Kier alpha value is -0.740. The van der Waals surface area contributed by atoms with Crippen LogP contribution in [0.4, 0.5) is 0 Å². The fourth-order valence-corrected chi connectivity index (χ4v) is 0.204. The highest BCUT2D eigenvalue weighted by atomic mass is 17.0. The van der Waals surface area contributed by atoms with Gasteiger partial charge in [0.1, 0.15) is 0 Å². The molecule has 4 nitrogen and oxygen atoms in total. The minimum absolute atomic E-state index is 0.319. The van der Waals surface area contributed by atoms with Crippen molar-refractivity contribution in [3.8, 4) is 0 Å². The van der Waals surface area contributed by atoms with Gasteiger partial charge in [-0.15, -0.1) is 0 Å². The summed E-state index contributed by atoms with van der Waals surface area (Å²) in [5.74, 6) is 0. The summed E-state index contributed by atoms with van der Waals surface area (Å²) in [5, 5.41) is 10.1. The van der Waals surface area contributed by atoms with Crippen molar-refractivity contribution in [1.82, 2.24) is 10.7 Å². The molecule has 0 unspecified atom stereocenters. The van der Waals surface area contributed by atoms with E-state index in [1.807, 2.05) is 0 Å². The smallest absolute Gasteiger partial charge is 0.0442 e. The van der Waals surface area contributed by atoms with Gasteiger partial charge in [-0.3, -0.25) is 5.23 Å². The minimum Gasteiger partial charge on any atom is -0.732 e. The second-order valence-electron chi connectivity index (χ2n) is 0.810. The predicted molar refractivity (Wildman–Crippen MR) is 18.6 cm³/mol. The van der Waals surface area contributed by atoms with Crippen LogP contribution in [0.3, 0.4) is 0 Å². The monoisotopic (exact) mass is 87.0 g/mol. The maximum atomic E-state index is 9.79. The van der Waals surface area contributed by atoms with Crippen LogP contribution in [0.15, 0.2) is 12.4 Å². The Labute approximate surface area is 34.5 Å². The molecule has 0 bridgehead atoms. The van der Waals surface area contributed by atoms with E-state index in [0.29, 0.717) is 5.23 Å². The lowest BCUT2D eigenvalue weighted by molar-refractivity contribution is -0.106. The van der Waals surface area contributed by atoms with Gasteiger partial charge in [0.25, 0.3) is 0 Å². The lowest BCUT2D eigenvalue weighted by Crippen LogP contribution is -2.08. The van der Waals surface area contributed by atoms with Crippen LogP contribution in [0.25, 0.3) is 0 Å². The van der Waals surface area contributed by atoms with E-state index < -0.39 is 0 Å². The summed E-state index contributed by atoms with van der Waals surface area (Å²) in [6, 6.07) is 0. The molecule has 0 aliphatic carbocycles. The quantitative estimate of drug-likeness (QED) is 0.441. The van der Waals surface area contributed by atoms with E-state index in [1.54, 1.807) is 0 Å². The molecule has 0 radical (unpaired) electrons. The topological polar surface area (TPSA) is 47.6 Å². The second-order valence-corrected chi connectivity index (χ2v) is 0.810. The van der Waals surface area contributed by atoms with Crippen molar-refractivity contribution < 1.29 is 4.94 Å². The van der Waals surface area contributed by atoms with Crippen molar-refractivity contribution in [2.24, 2.45) is 0 Å². The maximum Gasteiger partial charge on any atom is 0.0442 e. The fraction of sp³-hybridized carbons (Fsp3) is 0. The maximum absolute atomic E-state index is 9.79. The Balaban J connectivity index is 2.38. The summed E-state index contributed by atoms with van der Waals surface area (Å²) >= 11 is 0. The minimum atomic E-state index is 0.319. The van der Waals surface area contributed by atoms with Gasteiger partial charge in [-0.1, -0.05) is 0 Å². The van der Waals surface area contributed by atoms with E-state index >= 15 is 0 Å². The number of hydrogen-bond donors (Lipinski definition) is 1. The van der Waals surface area contributed by atoms with E-state index in [2.05, 4.69) is 10.4 Å². The Bertz CT molecular complexity index is 71.9. The van der Waals surface area contributed by atoms with Crippen molar-refractivity contribution in [2.75, 3.05) is 0 Å². The first-order valence-electron chi connectivity index (χ1n) is 1.45. The van der Waals surface area contributed by atoms with Gasteiger partial charge >= 0.3 is 0 Å². The zero-order chi connectivity index (χ0) is 4.41. The number of hydrogen-bond acceptors (Lipinski definition) is 4. The molecule has 0 saturated heterocycles. The molecule has 0 aromatic heterocycles. The first-order valence-corrected chi connectivity index (χ1v) is 1.45. The van der Waals surface area contributed by atoms with Crippen LogP contribution in [0, 0.1) is 5.21 Å². The average molecular weight is 87.1 g/mol. The second kappa shape index (κ2) is 1.16. The molecule has 1 rings (SSSR count). The predicted octanol–water partition coefficient (Wildman–Crippen LogP) is -0.293. The number of rotatable bonds is 0. The van der Waals surface area contributed by atoms with Gasteiger partial charge in [-0.05, 0) is 0 Å². The summed E-state index contributed by atoms with van der Waals surface area (Å²) in [7, 11) is 0. The molecular formula is C2H3N2O2-. The third kappa shape index (κ3) is 0.425. The molecule has 34 valence electrons. The van der Waals surface area contributed by atoms with Gasteiger partial charge in [-0.25, -0.2) is 5.48 Å². The first-order chi connectivity index (χ1) is 2.89. The zero-order valence-electron chi connectivity index (χ0n) is 2.92. The molecule has 1 heterocycles. The molecular weight excluding hydrogens is 84.0 g/mol. The summed E-state index contributed by atoms with van der Waals surface area (Å²) in [6.07, 6.45) is 2.62. The SMILES string of the molecule is [O-]N1C=CNO1. The summed E-state index contributed by atoms with van der Waals surface area (Å²) in [6.45, 7) is 0. The van der Waals surface area contributed by atoms with Gasteiger partial charge < -0.3 is 5.21 Å². The van der Waals surface area contributed by atoms with Crippen LogP contribution in [0.5, 0.6) is 0 Å². The van der Waals surface area contributed by atoms with Crippen molar-refractivity contribution in [3.05, 3.63) is 17.6 Å². The highest BCUT2D eigenvalue weighted by molar-refractivity contribution is 4.77. The summed E-state index contributed by atoms with van der Waals surface area (Å²) in [4.78, 5) is 4.07. The van der Waals surface area contributed by atoms with E-state index in [9.17, 15) is 5.21 Å². The molecule has 6 heavy (non-hydrogen) atoms. The van der Waals surface area contributed by atoms with Crippen LogP contribution in [-0.2, 0) is 4.94 Å². The van der Waals surface area contributed by atoms with Gasteiger partial charge in [0.15, 0.2) is 0 Å². The zero-order valence-corrected chi connectivity index (χ0v) is 2.92. The first kappa shape index (κ1) is 3.45.